The average molecular weight is 559 g/mol. The molecule has 1 N–H and O–H groups in total. The smallest absolute Gasteiger partial charge is 0.416 e. The first kappa shape index (κ1) is 25.0. The summed E-state index contributed by atoms with van der Waals surface area (Å²) in [6, 6.07) is 22.1. The first-order valence-corrected chi connectivity index (χ1v) is 12.8. The van der Waals surface area contributed by atoms with Crippen LogP contribution in [0, 0.1) is 0 Å². The summed E-state index contributed by atoms with van der Waals surface area (Å²) in [5, 5.41) is 2.56. The van der Waals surface area contributed by atoms with Gasteiger partial charge in [0.1, 0.15) is 17.8 Å². The van der Waals surface area contributed by atoms with Crippen LogP contribution in [-0.4, -0.2) is 25.2 Å². The van der Waals surface area contributed by atoms with Crippen LogP contribution in [0.2, 0.25) is 0 Å². The summed E-state index contributed by atoms with van der Waals surface area (Å²) in [5.74, 6) is 0.826. The predicted octanol–water partition coefficient (Wildman–Crippen LogP) is 5.91. The van der Waals surface area contributed by atoms with E-state index in [0.29, 0.717) is 34.1 Å². The number of hydrogen-bond acceptors (Lipinski definition) is 5. The third-order valence-corrected chi connectivity index (χ3v) is 7.68. The molecule has 0 aliphatic carbocycles. The molecule has 0 bridgehead atoms. The van der Waals surface area contributed by atoms with E-state index >= 15 is 0 Å². The molecule has 0 aromatic heterocycles. The Labute approximate surface area is 232 Å². The predicted molar refractivity (Wildman–Crippen MR) is 142 cm³/mol. The van der Waals surface area contributed by atoms with Crippen LogP contribution in [0.25, 0.3) is 0 Å². The molecule has 10 heteroatoms. The number of nitrogens with one attached hydrogen (secondary N) is 1. The van der Waals surface area contributed by atoms with Crippen LogP contribution in [0.3, 0.4) is 0 Å². The second-order valence-electron chi connectivity index (χ2n) is 9.99. The third kappa shape index (κ3) is 3.89. The molecule has 0 saturated carbocycles. The van der Waals surface area contributed by atoms with Gasteiger partial charge in [-0.25, -0.2) is 0 Å². The van der Waals surface area contributed by atoms with Crippen molar-refractivity contribution in [1.29, 1.82) is 0 Å². The molecular weight excluding hydrogens is 537 g/mol. The quantitative estimate of drug-likeness (QED) is 0.337. The molecule has 3 aliphatic rings. The molecule has 0 radical (unpaired) electrons. The molecule has 7 nitrogen and oxygen atoms in total. The fourth-order valence-corrected chi connectivity index (χ4v) is 5.74. The summed E-state index contributed by atoms with van der Waals surface area (Å²) in [6.07, 6.45) is -4.54. The van der Waals surface area contributed by atoms with E-state index in [-0.39, 0.29) is 37.1 Å². The van der Waals surface area contributed by atoms with Crippen LogP contribution in [0.5, 0.6) is 17.2 Å². The number of amides is 2. The lowest BCUT2D eigenvalue weighted by Crippen LogP contribution is -2.42. The number of carbonyl (C=O) groups is 2. The van der Waals surface area contributed by atoms with E-state index < -0.39 is 23.1 Å². The Hall–Kier alpha value is -4.99. The normalized spacial score (nSPS) is 18.3. The number of hydrogen-bond donors (Lipinski definition) is 1. The number of alkyl halides is 3. The van der Waals surface area contributed by atoms with Gasteiger partial charge in [-0.05, 0) is 47.5 Å². The van der Waals surface area contributed by atoms with Gasteiger partial charge in [0.05, 0.1) is 12.1 Å². The Kier molecular flexibility index (Phi) is 5.50. The molecule has 206 valence electrons. The van der Waals surface area contributed by atoms with Gasteiger partial charge in [-0.3, -0.25) is 9.59 Å². The van der Waals surface area contributed by atoms with Crippen LogP contribution in [-0.2, 0) is 22.9 Å². The number of halogens is 3. The molecule has 0 saturated heterocycles. The molecule has 1 unspecified atom stereocenters. The van der Waals surface area contributed by atoms with Gasteiger partial charge in [0, 0.05) is 28.6 Å². The van der Waals surface area contributed by atoms with Gasteiger partial charge in [0.25, 0.3) is 5.91 Å². The largest absolute Gasteiger partial charge is 0.491 e. The number of carbonyl (C=O) groups excluding carboxylic acids is 2. The number of rotatable bonds is 4. The lowest BCUT2D eigenvalue weighted by atomic mass is 9.77. The standard InChI is InChI=1S/C31H21F3N2O5/c32-31(33,34)19-7-5-8-20(12-19)35-28(37)21-9-2-1-6-18(21)15-36-24-11-4-3-10-22(24)30(29(36)38)16-39-25-14-27-26(13-23(25)30)40-17-41-27/h1-14H,15-17H2,(H,35,37). The zero-order valence-corrected chi connectivity index (χ0v) is 21.3. The van der Waals surface area contributed by atoms with E-state index in [0.717, 1.165) is 17.7 Å². The minimum Gasteiger partial charge on any atom is -0.491 e. The van der Waals surface area contributed by atoms with Gasteiger partial charge in [-0.15, -0.1) is 0 Å². The fraction of sp³-hybridized carbons (Fsp3) is 0.161. The lowest BCUT2D eigenvalue weighted by Gasteiger charge is -2.24. The van der Waals surface area contributed by atoms with E-state index in [1.54, 1.807) is 41.3 Å². The van der Waals surface area contributed by atoms with Crippen molar-refractivity contribution in [3.05, 3.63) is 113 Å². The molecule has 41 heavy (non-hydrogen) atoms. The minimum atomic E-state index is -4.54. The topological polar surface area (TPSA) is 77.1 Å². The Balaban J connectivity index is 1.23. The molecule has 4 aromatic rings. The second kappa shape index (κ2) is 9.02. The maximum Gasteiger partial charge on any atom is 0.416 e. The van der Waals surface area contributed by atoms with Gasteiger partial charge in [-0.1, -0.05) is 42.5 Å². The molecule has 1 spiro atoms. The number of benzene rings is 4. The summed E-state index contributed by atoms with van der Waals surface area (Å²) in [5.41, 5.74) is 0.937. The molecule has 0 fully saturated rings. The van der Waals surface area contributed by atoms with Gasteiger partial charge in [0.2, 0.25) is 12.7 Å². The first-order valence-electron chi connectivity index (χ1n) is 12.8. The Morgan fingerprint density at radius 2 is 1.61 bits per heavy atom. The first-order chi connectivity index (χ1) is 19.8. The van der Waals surface area contributed by atoms with Crippen LogP contribution in [0.1, 0.15) is 32.6 Å². The number of fused-ring (bicyclic) bond motifs is 5. The van der Waals surface area contributed by atoms with Crippen LogP contribution < -0.4 is 24.4 Å². The summed E-state index contributed by atoms with van der Waals surface area (Å²) < 4.78 is 56.6. The highest BCUT2D eigenvalue weighted by Crippen LogP contribution is 2.55. The highest BCUT2D eigenvalue weighted by Gasteiger charge is 2.57. The summed E-state index contributed by atoms with van der Waals surface area (Å²) in [6.45, 7) is 0.236. The van der Waals surface area contributed by atoms with Crippen LogP contribution in [0.15, 0.2) is 84.9 Å². The number of nitrogens with zero attached hydrogens (tertiary/aromatic N) is 1. The van der Waals surface area contributed by atoms with Crippen molar-refractivity contribution in [2.75, 3.05) is 23.6 Å². The molecule has 7 rings (SSSR count). The molecule has 2 amide bonds. The van der Waals surface area contributed by atoms with Gasteiger partial charge < -0.3 is 24.4 Å². The molecular formula is C31H21F3N2O5. The zero-order chi connectivity index (χ0) is 28.4. The van der Waals surface area contributed by atoms with Crippen molar-refractivity contribution in [3.8, 4) is 17.2 Å². The molecule has 3 aliphatic heterocycles. The van der Waals surface area contributed by atoms with Gasteiger partial charge >= 0.3 is 6.18 Å². The zero-order valence-electron chi connectivity index (χ0n) is 21.3. The maximum atomic E-state index is 14.3. The molecule has 4 aromatic carbocycles. The third-order valence-electron chi connectivity index (χ3n) is 7.68. The van der Waals surface area contributed by atoms with Crippen molar-refractivity contribution in [2.45, 2.75) is 18.1 Å². The maximum absolute atomic E-state index is 14.3. The van der Waals surface area contributed by atoms with Crippen molar-refractivity contribution in [2.24, 2.45) is 0 Å². The summed E-state index contributed by atoms with van der Waals surface area (Å²) >= 11 is 0. The second-order valence-corrected chi connectivity index (χ2v) is 9.99. The summed E-state index contributed by atoms with van der Waals surface area (Å²) in [7, 11) is 0. The van der Waals surface area contributed by atoms with E-state index in [9.17, 15) is 22.8 Å². The number of para-hydroxylation sites is 1. The van der Waals surface area contributed by atoms with Crippen LogP contribution in [0.4, 0.5) is 24.5 Å². The van der Waals surface area contributed by atoms with Crippen molar-refractivity contribution >= 4 is 23.2 Å². The minimum absolute atomic E-state index is 0.0135. The van der Waals surface area contributed by atoms with Gasteiger partial charge in [0.15, 0.2) is 11.5 Å². The Bertz CT molecular complexity index is 1740. The van der Waals surface area contributed by atoms with Crippen molar-refractivity contribution < 1.29 is 37.0 Å². The fourth-order valence-electron chi connectivity index (χ4n) is 5.74. The monoisotopic (exact) mass is 558 g/mol. The van der Waals surface area contributed by atoms with E-state index in [1.807, 2.05) is 24.3 Å². The van der Waals surface area contributed by atoms with E-state index in [4.69, 9.17) is 14.2 Å². The molecule has 1 atom stereocenters. The number of ether oxygens (including phenoxy) is 3. The van der Waals surface area contributed by atoms with E-state index in [1.165, 1.54) is 12.1 Å². The SMILES string of the molecule is O=C(Nc1cccc(C(F)(F)F)c1)c1ccccc1CN1C(=O)C2(COc3cc4c(cc32)OCO4)c2ccccc21. The summed E-state index contributed by atoms with van der Waals surface area (Å²) in [4.78, 5) is 29.2. The number of anilines is 2. The van der Waals surface area contributed by atoms with Crippen molar-refractivity contribution in [1.82, 2.24) is 0 Å². The van der Waals surface area contributed by atoms with E-state index in [2.05, 4.69) is 5.32 Å². The lowest BCUT2D eigenvalue weighted by molar-refractivity contribution is -0.137. The van der Waals surface area contributed by atoms with Crippen LogP contribution >= 0.6 is 0 Å². The highest BCUT2D eigenvalue weighted by atomic mass is 19.4. The highest BCUT2D eigenvalue weighted by molar-refractivity contribution is 6.12. The van der Waals surface area contributed by atoms with Crippen molar-refractivity contribution in [3.63, 3.8) is 0 Å². The van der Waals surface area contributed by atoms with Gasteiger partial charge in [-0.2, -0.15) is 13.2 Å². The molecule has 3 heterocycles. The Morgan fingerprint density at radius 3 is 2.44 bits per heavy atom. The Morgan fingerprint density at radius 1 is 0.854 bits per heavy atom. The average Bonchev–Trinajstić information content (AvgIpc) is 3.64.